The van der Waals surface area contributed by atoms with Crippen LogP contribution in [0, 0.1) is 0 Å². The van der Waals surface area contributed by atoms with Crippen molar-refractivity contribution in [1.29, 1.82) is 0 Å². The largest absolute Gasteiger partial charge is 0.381 e. The smallest absolute Gasteiger partial charge is 0.241 e. The predicted molar refractivity (Wildman–Crippen MR) is 65.4 cm³/mol. The summed E-state index contributed by atoms with van der Waals surface area (Å²) in [5.41, 5.74) is 6.76. The first-order valence-electron chi connectivity index (χ1n) is 5.96. The Kier molecular flexibility index (Phi) is 4.12. The zero-order chi connectivity index (χ0) is 12.1. The standard InChI is InChI=1S/C13H18N2O2/c14-12(10-4-2-1-3-5-10)13(16)15-11-6-8-17-9-7-11/h1-5,11-12H,6-9,14H2,(H,15,16)/t12-/m0/s1. The average Bonchev–Trinajstić information content (AvgIpc) is 2.40. The fraction of sp³-hybridized carbons (Fsp3) is 0.462. The van der Waals surface area contributed by atoms with E-state index in [0.29, 0.717) is 13.2 Å². The van der Waals surface area contributed by atoms with E-state index in [2.05, 4.69) is 5.32 Å². The van der Waals surface area contributed by atoms with E-state index >= 15 is 0 Å². The quantitative estimate of drug-likeness (QED) is 0.819. The second-order valence-corrected chi connectivity index (χ2v) is 4.28. The number of amides is 1. The lowest BCUT2D eigenvalue weighted by molar-refractivity contribution is -0.123. The van der Waals surface area contributed by atoms with Crippen LogP contribution in [0.25, 0.3) is 0 Å². The molecule has 4 nitrogen and oxygen atoms in total. The molecule has 17 heavy (non-hydrogen) atoms. The number of carbonyl (C=O) groups excluding carboxylic acids is 1. The van der Waals surface area contributed by atoms with Gasteiger partial charge < -0.3 is 15.8 Å². The maximum absolute atomic E-state index is 11.9. The van der Waals surface area contributed by atoms with E-state index in [9.17, 15) is 4.79 Å². The molecule has 1 aromatic carbocycles. The molecule has 4 heteroatoms. The summed E-state index contributed by atoms with van der Waals surface area (Å²) in [7, 11) is 0. The van der Waals surface area contributed by atoms with Crippen molar-refractivity contribution in [3.05, 3.63) is 35.9 Å². The molecule has 92 valence electrons. The normalized spacial score (nSPS) is 18.6. The van der Waals surface area contributed by atoms with E-state index in [1.165, 1.54) is 0 Å². The van der Waals surface area contributed by atoms with Gasteiger partial charge in [-0.15, -0.1) is 0 Å². The molecule has 1 amide bonds. The van der Waals surface area contributed by atoms with Gasteiger partial charge in [-0.3, -0.25) is 4.79 Å². The fourth-order valence-corrected chi connectivity index (χ4v) is 1.94. The van der Waals surface area contributed by atoms with E-state index in [0.717, 1.165) is 18.4 Å². The third-order valence-electron chi connectivity index (χ3n) is 3.01. The molecule has 1 aliphatic heterocycles. The third-order valence-corrected chi connectivity index (χ3v) is 3.01. The molecule has 0 bridgehead atoms. The number of rotatable bonds is 3. The molecule has 1 fully saturated rings. The first-order chi connectivity index (χ1) is 8.27. The van der Waals surface area contributed by atoms with Gasteiger partial charge in [0.1, 0.15) is 6.04 Å². The van der Waals surface area contributed by atoms with Crippen LogP contribution in [0.15, 0.2) is 30.3 Å². The Labute approximate surface area is 101 Å². The summed E-state index contributed by atoms with van der Waals surface area (Å²) >= 11 is 0. The Hall–Kier alpha value is -1.39. The lowest BCUT2D eigenvalue weighted by atomic mass is 10.1. The van der Waals surface area contributed by atoms with Crippen LogP contribution in [-0.4, -0.2) is 25.2 Å². The van der Waals surface area contributed by atoms with Gasteiger partial charge in [-0.05, 0) is 18.4 Å². The second-order valence-electron chi connectivity index (χ2n) is 4.28. The van der Waals surface area contributed by atoms with Gasteiger partial charge in [-0.25, -0.2) is 0 Å². The van der Waals surface area contributed by atoms with Crippen molar-refractivity contribution in [2.45, 2.75) is 24.9 Å². The lowest BCUT2D eigenvalue weighted by Crippen LogP contribution is -2.43. The minimum atomic E-state index is -0.584. The SMILES string of the molecule is N[C@H](C(=O)NC1CCOCC1)c1ccccc1. The molecule has 1 saturated heterocycles. The van der Waals surface area contributed by atoms with Crippen LogP contribution in [0.1, 0.15) is 24.4 Å². The summed E-state index contributed by atoms with van der Waals surface area (Å²) in [5, 5.41) is 2.97. The predicted octanol–water partition coefficient (Wildman–Crippen LogP) is 0.982. The number of hydrogen-bond acceptors (Lipinski definition) is 3. The number of nitrogens with one attached hydrogen (secondary N) is 1. The summed E-state index contributed by atoms with van der Waals surface area (Å²) in [6.45, 7) is 1.43. The highest BCUT2D eigenvalue weighted by Gasteiger charge is 2.20. The van der Waals surface area contributed by atoms with Crippen LogP contribution < -0.4 is 11.1 Å². The van der Waals surface area contributed by atoms with Crippen LogP contribution in [0.5, 0.6) is 0 Å². The van der Waals surface area contributed by atoms with Crippen molar-refractivity contribution >= 4 is 5.91 Å². The van der Waals surface area contributed by atoms with E-state index in [1.807, 2.05) is 30.3 Å². The van der Waals surface area contributed by atoms with Crippen molar-refractivity contribution in [2.75, 3.05) is 13.2 Å². The molecule has 1 aromatic rings. The molecular formula is C13H18N2O2. The van der Waals surface area contributed by atoms with Crippen molar-refractivity contribution in [3.8, 4) is 0 Å². The number of benzene rings is 1. The van der Waals surface area contributed by atoms with E-state index < -0.39 is 6.04 Å². The van der Waals surface area contributed by atoms with Gasteiger partial charge in [-0.1, -0.05) is 30.3 Å². The fourth-order valence-electron chi connectivity index (χ4n) is 1.94. The molecular weight excluding hydrogens is 216 g/mol. The Morgan fingerprint density at radius 3 is 2.59 bits per heavy atom. The molecule has 1 heterocycles. The molecule has 2 rings (SSSR count). The minimum Gasteiger partial charge on any atom is -0.381 e. The van der Waals surface area contributed by atoms with Gasteiger partial charge in [0.05, 0.1) is 0 Å². The zero-order valence-electron chi connectivity index (χ0n) is 9.76. The maximum Gasteiger partial charge on any atom is 0.241 e. The van der Waals surface area contributed by atoms with Crippen molar-refractivity contribution in [3.63, 3.8) is 0 Å². The van der Waals surface area contributed by atoms with E-state index in [4.69, 9.17) is 10.5 Å². The molecule has 0 aliphatic carbocycles. The molecule has 0 saturated carbocycles. The van der Waals surface area contributed by atoms with E-state index in [-0.39, 0.29) is 11.9 Å². The molecule has 0 aromatic heterocycles. The topological polar surface area (TPSA) is 64.4 Å². The highest BCUT2D eigenvalue weighted by molar-refractivity contribution is 5.83. The molecule has 3 N–H and O–H groups in total. The third kappa shape index (κ3) is 3.28. The van der Waals surface area contributed by atoms with Gasteiger partial charge in [-0.2, -0.15) is 0 Å². The summed E-state index contributed by atoms with van der Waals surface area (Å²) in [5.74, 6) is -0.108. The molecule has 1 atom stereocenters. The van der Waals surface area contributed by atoms with Crippen molar-refractivity contribution in [1.82, 2.24) is 5.32 Å². The van der Waals surface area contributed by atoms with Gasteiger partial charge in [0.15, 0.2) is 0 Å². The van der Waals surface area contributed by atoms with Gasteiger partial charge >= 0.3 is 0 Å². The highest BCUT2D eigenvalue weighted by atomic mass is 16.5. The lowest BCUT2D eigenvalue weighted by Gasteiger charge is -2.24. The first kappa shape index (κ1) is 12.1. The van der Waals surface area contributed by atoms with Crippen LogP contribution >= 0.6 is 0 Å². The Balaban J connectivity index is 1.91. The second kappa shape index (κ2) is 5.80. The summed E-state index contributed by atoms with van der Waals surface area (Å²) in [4.78, 5) is 11.9. The zero-order valence-corrected chi connectivity index (χ0v) is 9.76. The average molecular weight is 234 g/mol. The molecule has 1 aliphatic rings. The van der Waals surface area contributed by atoms with Crippen molar-refractivity contribution in [2.24, 2.45) is 5.73 Å². The van der Waals surface area contributed by atoms with Crippen LogP contribution in [-0.2, 0) is 9.53 Å². The van der Waals surface area contributed by atoms with Gasteiger partial charge in [0, 0.05) is 19.3 Å². The highest BCUT2D eigenvalue weighted by Crippen LogP contribution is 2.12. The maximum atomic E-state index is 11.9. The summed E-state index contributed by atoms with van der Waals surface area (Å²) < 4.78 is 5.24. The molecule has 0 spiro atoms. The Morgan fingerprint density at radius 1 is 1.29 bits per heavy atom. The number of ether oxygens (including phenoxy) is 1. The summed E-state index contributed by atoms with van der Waals surface area (Å²) in [6.07, 6.45) is 1.74. The molecule has 0 unspecified atom stereocenters. The van der Waals surface area contributed by atoms with E-state index in [1.54, 1.807) is 0 Å². The first-order valence-corrected chi connectivity index (χ1v) is 5.96. The van der Waals surface area contributed by atoms with Gasteiger partial charge in [0.2, 0.25) is 5.91 Å². The van der Waals surface area contributed by atoms with Crippen LogP contribution in [0.3, 0.4) is 0 Å². The van der Waals surface area contributed by atoms with Gasteiger partial charge in [0.25, 0.3) is 0 Å². The Morgan fingerprint density at radius 2 is 1.94 bits per heavy atom. The summed E-state index contributed by atoms with van der Waals surface area (Å²) in [6, 6.07) is 9.04. The Bertz CT molecular complexity index is 361. The van der Waals surface area contributed by atoms with Crippen molar-refractivity contribution < 1.29 is 9.53 Å². The van der Waals surface area contributed by atoms with Crippen LogP contribution in [0.2, 0.25) is 0 Å². The number of hydrogen-bond donors (Lipinski definition) is 2. The van der Waals surface area contributed by atoms with Crippen LogP contribution in [0.4, 0.5) is 0 Å². The minimum absolute atomic E-state index is 0.108. The molecule has 0 radical (unpaired) electrons. The number of nitrogens with two attached hydrogens (primary N) is 1. The number of carbonyl (C=O) groups is 1. The monoisotopic (exact) mass is 234 g/mol.